The van der Waals surface area contributed by atoms with Gasteiger partial charge >= 0.3 is 0 Å². The lowest BCUT2D eigenvalue weighted by Gasteiger charge is -2.47. The third kappa shape index (κ3) is 3.26. The molecule has 154 valence electrons. The maximum absolute atomic E-state index is 12.8. The zero-order valence-corrected chi connectivity index (χ0v) is 16.7. The first-order valence-electron chi connectivity index (χ1n) is 10.1. The van der Waals surface area contributed by atoms with Crippen LogP contribution in [0.1, 0.15) is 40.4 Å². The number of aromatic amines is 1. The van der Waals surface area contributed by atoms with Crippen LogP contribution in [-0.4, -0.2) is 50.0 Å². The van der Waals surface area contributed by atoms with Crippen LogP contribution in [0.3, 0.4) is 0 Å². The van der Waals surface area contributed by atoms with Gasteiger partial charge in [0.15, 0.2) is 0 Å². The minimum absolute atomic E-state index is 0.0248. The van der Waals surface area contributed by atoms with Gasteiger partial charge in [0.25, 0.3) is 11.5 Å². The van der Waals surface area contributed by atoms with Crippen molar-refractivity contribution in [3.8, 4) is 0 Å². The Morgan fingerprint density at radius 2 is 2.03 bits per heavy atom. The van der Waals surface area contributed by atoms with E-state index in [9.17, 15) is 9.59 Å². The molecule has 1 amide bonds. The molecule has 5 rings (SSSR count). The van der Waals surface area contributed by atoms with Crippen molar-refractivity contribution in [1.82, 2.24) is 29.8 Å². The molecule has 0 radical (unpaired) electrons. The van der Waals surface area contributed by atoms with E-state index in [4.69, 9.17) is 0 Å². The summed E-state index contributed by atoms with van der Waals surface area (Å²) in [6, 6.07) is 7.10. The Morgan fingerprint density at radius 1 is 1.20 bits per heavy atom. The fourth-order valence-corrected chi connectivity index (χ4v) is 4.75. The summed E-state index contributed by atoms with van der Waals surface area (Å²) in [7, 11) is 0. The highest BCUT2D eigenvalue weighted by molar-refractivity contribution is 5.92. The highest BCUT2D eigenvalue weighted by atomic mass is 16.2. The summed E-state index contributed by atoms with van der Waals surface area (Å²) >= 11 is 0. The molecule has 3 aromatic heterocycles. The number of piperidine rings is 1. The predicted molar refractivity (Wildman–Crippen MR) is 110 cm³/mol. The van der Waals surface area contributed by atoms with E-state index in [0.717, 1.165) is 25.2 Å². The molecule has 30 heavy (non-hydrogen) atoms. The molecule has 0 aromatic carbocycles. The molecule has 2 bridgehead atoms. The van der Waals surface area contributed by atoms with Crippen molar-refractivity contribution in [2.24, 2.45) is 5.92 Å². The van der Waals surface area contributed by atoms with Crippen LogP contribution in [-0.2, 0) is 0 Å². The summed E-state index contributed by atoms with van der Waals surface area (Å²) in [5, 5.41) is 2.99. The van der Waals surface area contributed by atoms with Crippen molar-refractivity contribution < 1.29 is 4.79 Å². The number of carbonyl (C=O) groups excluding carboxylic acids is 1. The normalized spacial score (nSPS) is 22.4. The van der Waals surface area contributed by atoms with Crippen LogP contribution < -0.4 is 15.8 Å². The molecule has 0 spiro atoms. The van der Waals surface area contributed by atoms with E-state index >= 15 is 0 Å². The van der Waals surface area contributed by atoms with Gasteiger partial charge in [0.1, 0.15) is 11.5 Å². The molecule has 0 unspecified atom stereocenters. The number of hydrogen-bond acceptors (Lipinski definition) is 6. The molecular weight excluding hydrogens is 382 g/mol. The average Bonchev–Trinajstić information content (AvgIpc) is 3.21. The average molecular weight is 405 g/mol. The zero-order chi connectivity index (χ0) is 20.7. The number of imidazole rings is 1. The van der Waals surface area contributed by atoms with Crippen molar-refractivity contribution in [3.05, 3.63) is 70.4 Å². The van der Waals surface area contributed by atoms with Gasteiger partial charge in [-0.1, -0.05) is 6.07 Å². The van der Waals surface area contributed by atoms with Gasteiger partial charge in [0, 0.05) is 49.7 Å². The molecule has 9 heteroatoms. The fourth-order valence-electron chi connectivity index (χ4n) is 4.75. The van der Waals surface area contributed by atoms with E-state index in [1.807, 2.05) is 16.7 Å². The van der Waals surface area contributed by atoms with E-state index in [1.54, 1.807) is 31.5 Å². The number of rotatable bonds is 4. The molecule has 0 saturated carbocycles. The Bertz CT molecular complexity index is 1120. The van der Waals surface area contributed by atoms with Gasteiger partial charge in [0.2, 0.25) is 5.95 Å². The lowest BCUT2D eigenvalue weighted by atomic mass is 9.78. The van der Waals surface area contributed by atoms with E-state index in [1.165, 1.54) is 6.20 Å². The SMILES string of the molecule is Cc1ncc(C(=O)NC[C@H]2[C@H]3C[C@H](CN(c4ncccn4)C3)c3cccc(=O)n32)[nH]1. The Labute approximate surface area is 173 Å². The Morgan fingerprint density at radius 3 is 2.80 bits per heavy atom. The van der Waals surface area contributed by atoms with E-state index in [2.05, 4.69) is 30.2 Å². The molecule has 3 aromatic rings. The lowest BCUT2D eigenvalue weighted by molar-refractivity contribution is 0.0930. The predicted octanol–water partition coefficient (Wildman–Crippen LogP) is 1.26. The number of carbonyl (C=O) groups is 1. The summed E-state index contributed by atoms with van der Waals surface area (Å²) in [5.74, 6) is 1.59. The molecule has 1 saturated heterocycles. The minimum atomic E-state index is -0.220. The van der Waals surface area contributed by atoms with Gasteiger partial charge in [-0.25, -0.2) is 15.0 Å². The third-order valence-electron chi connectivity index (χ3n) is 6.05. The van der Waals surface area contributed by atoms with E-state index < -0.39 is 0 Å². The lowest BCUT2D eigenvalue weighted by Crippen LogP contribution is -2.52. The van der Waals surface area contributed by atoms with Crippen molar-refractivity contribution in [2.45, 2.75) is 25.3 Å². The quantitative estimate of drug-likeness (QED) is 0.677. The summed E-state index contributed by atoms with van der Waals surface area (Å²) in [5.41, 5.74) is 1.41. The van der Waals surface area contributed by atoms with Crippen molar-refractivity contribution in [1.29, 1.82) is 0 Å². The first kappa shape index (κ1) is 18.5. The highest BCUT2D eigenvalue weighted by Crippen LogP contribution is 2.41. The second kappa shape index (κ2) is 7.40. The Balaban J connectivity index is 1.44. The van der Waals surface area contributed by atoms with Crippen molar-refractivity contribution in [3.63, 3.8) is 0 Å². The molecule has 0 aliphatic carbocycles. The first-order chi connectivity index (χ1) is 14.6. The molecule has 2 N–H and O–H groups in total. The Kier molecular flexibility index (Phi) is 4.57. The van der Waals surface area contributed by atoms with Crippen LogP contribution in [0.25, 0.3) is 0 Å². The topological polar surface area (TPSA) is 109 Å². The second-order valence-corrected chi connectivity index (χ2v) is 7.97. The van der Waals surface area contributed by atoms with Gasteiger partial charge in [-0.2, -0.15) is 0 Å². The molecule has 2 aliphatic heterocycles. The van der Waals surface area contributed by atoms with Crippen LogP contribution in [0.5, 0.6) is 0 Å². The monoisotopic (exact) mass is 405 g/mol. The number of fused-ring (bicyclic) bond motifs is 4. The number of pyridine rings is 1. The summed E-state index contributed by atoms with van der Waals surface area (Å²) in [6.45, 7) is 3.69. The molecule has 1 fully saturated rings. The first-order valence-corrected chi connectivity index (χ1v) is 10.1. The molecular formula is C21H23N7O2. The summed E-state index contributed by atoms with van der Waals surface area (Å²) < 4.78 is 1.88. The van der Waals surface area contributed by atoms with Crippen LogP contribution in [0, 0.1) is 12.8 Å². The number of anilines is 1. The molecule has 9 nitrogen and oxygen atoms in total. The number of amides is 1. The smallest absolute Gasteiger partial charge is 0.269 e. The zero-order valence-electron chi connectivity index (χ0n) is 16.7. The van der Waals surface area contributed by atoms with Crippen LogP contribution in [0.2, 0.25) is 0 Å². The highest BCUT2D eigenvalue weighted by Gasteiger charge is 2.41. The number of aryl methyl sites for hydroxylation is 1. The number of H-pyrrole nitrogens is 1. The molecule has 5 heterocycles. The number of aromatic nitrogens is 5. The number of hydrogen-bond donors (Lipinski definition) is 2. The van der Waals surface area contributed by atoms with Gasteiger partial charge in [-0.05, 0) is 31.4 Å². The van der Waals surface area contributed by atoms with Crippen LogP contribution in [0.15, 0.2) is 47.7 Å². The standard InChI is InChI=1S/C21H23N7O2/c1-13-24-9-16(26-13)20(30)25-10-18-15-8-14(17-4-2-5-19(29)28(17)18)11-27(12-15)21-22-6-3-7-23-21/h2-7,9,14-15,18H,8,10-12H2,1H3,(H,24,26)(H,25,30)/t14-,15+,18+/m1/s1. The Hall–Kier alpha value is -3.49. The van der Waals surface area contributed by atoms with E-state index in [-0.39, 0.29) is 29.3 Å². The molecule has 2 aliphatic rings. The fraction of sp³-hybridized carbons (Fsp3) is 0.381. The molecule has 3 atom stereocenters. The largest absolute Gasteiger partial charge is 0.349 e. The van der Waals surface area contributed by atoms with E-state index in [0.29, 0.717) is 24.0 Å². The summed E-state index contributed by atoms with van der Waals surface area (Å²) in [4.78, 5) is 43.4. The van der Waals surface area contributed by atoms with Crippen molar-refractivity contribution in [2.75, 3.05) is 24.5 Å². The maximum Gasteiger partial charge on any atom is 0.269 e. The number of nitrogens with one attached hydrogen (secondary N) is 2. The summed E-state index contributed by atoms with van der Waals surface area (Å²) in [6.07, 6.45) is 5.98. The van der Waals surface area contributed by atoms with Gasteiger partial charge in [-0.15, -0.1) is 0 Å². The van der Waals surface area contributed by atoms with Crippen LogP contribution >= 0.6 is 0 Å². The number of nitrogens with zero attached hydrogens (tertiary/aromatic N) is 5. The second-order valence-electron chi connectivity index (χ2n) is 7.97. The third-order valence-corrected chi connectivity index (χ3v) is 6.05. The van der Waals surface area contributed by atoms with Crippen molar-refractivity contribution >= 4 is 11.9 Å². The van der Waals surface area contributed by atoms with Crippen LogP contribution in [0.4, 0.5) is 5.95 Å². The van der Waals surface area contributed by atoms with Gasteiger partial charge < -0.3 is 19.8 Å². The van der Waals surface area contributed by atoms with Gasteiger partial charge in [0.05, 0.1) is 12.2 Å². The van der Waals surface area contributed by atoms with Gasteiger partial charge in [-0.3, -0.25) is 9.59 Å². The maximum atomic E-state index is 12.8. The minimum Gasteiger partial charge on any atom is -0.349 e.